The van der Waals surface area contributed by atoms with Crippen molar-refractivity contribution in [2.75, 3.05) is 46.4 Å². The first kappa shape index (κ1) is 25.9. The maximum absolute atomic E-state index is 11.8. The van der Waals surface area contributed by atoms with Gasteiger partial charge in [0.05, 0.1) is 32.3 Å². The molecule has 0 aliphatic carbocycles. The van der Waals surface area contributed by atoms with Gasteiger partial charge in [-0.15, -0.1) is 24.0 Å². The first-order valence-electron chi connectivity index (χ1n) is 11.1. The highest BCUT2D eigenvalue weighted by Gasteiger charge is 2.27. The van der Waals surface area contributed by atoms with Crippen molar-refractivity contribution in [3.05, 3.63) is 35.4 Å². The predicted molar refractivity (Wildman–Crippen MR) is 134 cm³/mol. The second-order valence-electron chi connectivity index (χ2n) is 8.19. The van der Waals surface area contributed by atoms with E-state index in [0.29, 0.717) is 12.6 Å². The molecule has 0 aromatic heterocycles. The van der Waals surface area contributed by atoms with Crippen molar-refractivity contribution < 1.29 is 14.3 Å². The molecule has 7 nitrogen and oxygen atoms in total. The highest BCUT2D eigenvalue weighted by Crippen LogP contribution is 2.19. The van der Waals surface area contributed by atoms with Crippen molar-refractivity contribution in [3.8, 4) is 0 Å². The Morgan fingerprint density at radius 2 is 2.00 bits per heavy atom. The Morgan fingerprint density at radius 3 is 2.68 bits per heavy atom. The molecule has 8 heteroatoms. The number of halogens is 1. The number of aliphatic imine (C=N–C) groups is 1. The number of esters is 1. The van der Waals surface area contributed by atoms with Gasteiger partial charge in [0, 0.05) is 39.3 Å². The molecule has 0 saturated carbocycles. The lowest BCUT2D eigenvalue weighted by Crippen LogP contribution is -2.46. The standard InChI is InChI=1S/C23H36N4O3.HI/c1-4-24-23(27-10-8-21(9-11-27)22(28)29-3)25-15-19-6-5-7-20(14-19)17-26-12-13-30-18(2)16-26;/h5-7,14,18,21H,4,8-13,15-17H2,1-3H3,(H,24,25);1H. The van der Waals surface area contributed by atoms with E-state index in [9.17, 15) is 4.79 Å². The molecule has 2 heterocycles. The van der Waals surface area contributed by atoms with E-state index in [1.165, 1.54) is 18.2 Å². The van der Waals surface area contributed by atoms with E-state index in [-0.39, 0.29) is 35.9 Å². The van der Waals surface area contributed by atoms with Crippen molar-refractivity contribution in [3.63, 3.8) is 0 Å². The largest absolute Gasteiger partial charge is 0.469 e. The van der Waals surface area contributed by atoms with E-state index >= 15 is 0 Å². The molecule has 0 bridgehead atoms. The maximum atomic E-state index is 11.8. The molecule has 2 saturated heterocycles. The van der Waals surface area contributed by atoms with E-state index < -0.39 is 0 Å². The van der Waals surface area contributed by atoms with Crippen LogP contribution in [0.4, 0.5) is 0 Å². The molecule has 2 aliphatic heterocycles. The number of ether oxygens (including phenoxy) is 2. The SMILES string of the molecule is CCNC(=NCc1cccc(CN2CCOC(C)C2)c1)N1CCC(C(=O)OC)CC1.I. The summed E-state index contributed by atoms with van der Waals surface area (Å²) in [6, 6.07) is 8.72. The summed E-state index contributed by atoms with van der Waals surface area (Å²) < 4.78 is 10.5. The monoisotopic (exact) mass is 544 g/mol. The Bertz CT molecular complexity index is 723. The number of benzene rings is 1. The Kier molecular flexibility index (Phi) is 11.0. The van der Waals surface area contributed by atoms with Crippen LogP contribution in [0.1, 0.15) is 37.8 Å². The number of hydrogen-bond donors (Lipinski definition) is 1. The second kappa shape index (κ2) is 13.2. The molecule has 3 rings (SSSR count). The molecule has 1 unspecified atom stereocenters. The topological polar surface area (TPSA) is 66.4 Å². The van der Waals surface area contributed by atoms with Gasteiger partial charge in [0.15, 0.2) is 5.96 Å². The molecule has 31 heavy (non-hydrogen) atoms. The number of carbonyl (C=O) groups excluding carboxylic acids is 1. The summed E-state index contributed by atoms with van der Waals surface area (Å²) in [6.45, 7) is 11.1. The average Bonchev–Trinajstić information content (AvgIpc) is 2.76. The summed E-state index contributed by atoms with van der Waals surface area (Å²) >= 11 is 0. The highest BCUT2D eigenvalue weighted by atomic mass is 127. The van der Waals surface area contributed by atoms with Gasteiger partial charge in [0.2, 0.25) is 0 Å². The first-order valence-corrected chi connectivity index (χ1v) is 11.1. The van der Waals surface area contributed by atoms with Crippen LogP contribution in [-0.2, 0) is 27.4 Å². The lowest BCUT2D eigenvalue weighted by atomic mass is 9.97. The summed E-state index contributed by atoms with van der Waals surface area (Å²) in [5, 5.41) is 3.40. The molecule has 174 valence electrons. The zero-order chi connectivity index (χ0) is 21.3. The Morgan fingerprint density at radius 1 is 1.26 bits per heavy atom. The summed E-state index contributed by atoms with van der Waals surface area (Å²) in [5.74, 6) is 0.838. The predicted octanol–water partition coefficient (Wildman–Crippen LogP) is 2.88. The van der Waals surface area contributed by atoms with E-state index in [1.807, 2.05) is 0 Å². The number of nitrogens with zero attached hydrogens (tertiary/aromatic N) is 3. The van der Waals surface area contributed by atoms with E-state index in [1.54, 1.807) is 0 Å². The first-order chi connectivity index (χ1) is 14.6. The normalized spacial score (nSPS) is 20.8. The van der Waals surface area contributed by atoms with Crippen LogP contribution in [0.5, 0.6) is 0 Å². The van der Waals surface area contributed by atoms with Gasteiger partial charge in [-0.3, -0.25) is 9.69 Å². The van der Waals surface area contributed by atoms with Gasteiger partial charge in [-0.25, -0.2) is 4.99 Å². The molecule has 1 aromatic rings. The lowest BCUT2D eigenvalue weighted by molar-refractivity contribution is -0.146. The fourth-order valence-corrected chi connectivity index (χ4v) is 4.20. The van der Waals surface area contributed by atoms with Crippen LogP contribution in [0, 0.1) is 5.92 Å². The number of likely N-dealkylation sites (tertiary alicyclic amines) is 1. The van der Waals surface area contributed by atoms with Crippen molar-refractivity contribution in [2.24, 2.45) is 10.9 Å². The van der Waals surface area contributed by atoms with Crippen molar-refractivity contribution in [1.29, 1.82) is 0 Å². The Hall–Kier alpha value is -1.39. The van der Waals surface area contributed by atoms with Crippen LogP contribution in [0.3, 0.4) is 0 Å². The third-order valence-corrected chi connectivity index (χ3v) is 5.80. The van der Waals surface area contributed by atoms with Crippen molar-refractivity contribution >= 4 is 35.9 Å². The van der Waals surface area contributed by atoms with Gasteiger partial charge in [0.1, 0.15) is 0 Å². The van der Waals surface area contributed by atoms with Crippen molar-refractivity contribution in [2.45, 2.75) is 45.9 Å². The number of morpholine rings is 1. The summed E-state index contributed by atoms with van der Waals surface area (Å²) in [5.41, 5.74) is 2.54. The third-order valence-electron chi connectivity index (χ3n) is 5.80. The number of hydrogen-bond acceptors (Lipinski definition) is 5. The van der Waals surface area contributed by atoms with Crippen LogP contribution in [0.15, 0.2) is 29.3 Å². The van der Waals surface area contributed by atoms with Crippen LogP contribution in [0.2, 0.25) is 0 Å². The quantitative estimate of drug-likeness (QED) is 0.257. The highest BCUT2D eigenvalue weighted by molar-refractivity contribution is 14.0. The minimum absolute atomic E-state index is 0. The van der Waals surface area contributed by atoms with Crippen LogP contribution in [-0.4, -0.2) is 74.3 Å². The van der Waals surface area contributed by atoms with Gasteiger partial charge in [0.25, 0.3) is 0 Å². The zero-order valence-corrected chi connectivity index (χ0v) is 21.3. The van der Waals surface area contributed by atoms with Gasteiger partial charge < -0.3 is 19.7 Å². The van der Waals surface area contributed by atoms with E-state index in [4.69, 9.17) is 14.5 Å². The number of rotatable bonds is 6. The Labute approximate surface area is 203 Å². The van der Waals surface area contributed by atoms with Crippen LogP contribution >= 0.6 is 24.0 Å². The summed E-state index contributed by atoms with van der Waals surface area (Å²) in [6.07, 6.45) is 1.92. The summed E-state index contributed by atoms with van der Waals surface area (Å²) in [4.78, 5) is 21.4. The molecule has 1 N–H and O–H groups in total. The molecule has 1 aromatic carbocycles. The lowest BCUT2D eigenvalue weighted by Gasteiger charge is -2.33. The molecule has 0 spiro atoms. The minimum atomic E-state index is -0.0944. The fraction of sp³-hybridized carbons (Fsp3) is 0.652. The number of nitrogens with one attached hydrogen (secondary N) is 1. The van der Waals surface area contributed by atoms with Crippen molar-refractivity contribution in [1.82, 2.24) is 15.1 Å². The smallest absolute Gasteiger partial charge is 0.308 e. The molecule has 0 amide bonds. The number of methoxy groups -OCH3 is 1. The van der Waals surface area contributed by atoms with Crippen LogP contribution in [0.25, 0.3) is 0 Å². The van der Waals surface area contributed by atoms with E-state index in [2.05, 4.69) is 53.2 Å². The fourth-order valence-electron chi connectivity index (χ4n) is 4.20. The molecular weight excluding hydrogens is 507 g/mol. The molecule has 0 radical (unpaired) electrons. The summed E-state index contributed by atoms with van der Waals surface area (Å²) in [7, 11) is 1.47. The number of carbonyl (C=O) groups is 1. The molecule has 1 atom stereocenters. The molecule has 2 aliphatic rings. The number of guanidine groups is 1. The zero-order valence-electron chi connectivity index (χ0n) is 19.0. The second-order valence-corrected chi connectivity index (χ2v) is 8.19. The minimum Gasteiger partial charge on any atom is -0.469 e. The molecular formula is C23H37IN4O3. The van der Waals surface area contributed by atoms with Gasteiger partial charge in [-0.1, -0.05) is 24.3 Å². The van der Waals surface area contributed by atoms with Gasteiger partial charge in [-0.2, -0.15) is 0 Å². The van der Waals surface area contributed by atoms with Gasteiger partial charge in [-0.05, 0) is 37.8 Å². The number of piperidine rings is 1. The average molecular weight is 544 g/mol. The van der Waals surface area contributed by atoms with Crippen LogP contribution < -0.4 is 5.32 Å². The van der Waals surface area contributed by atoms with E-state index in [0.717, 1.165) is 64.7 Å². The third kappa shape index (κ3) is 7.91. The Balaban J connectivity index is 0.00000341. The maximum Gasteiger partial charge on any atom is 0.308 e. The molecule has 2 fully saturated rings. The van der Waals surface area contributed by atoms with Gasteiger partial charge >= 0.3 is 5.97 Å².